The number of amides is 2. The fourth-order valence-electron chi connectivity index (χ4n) is 4.27. The first-order chi connectivity index (χ1) is 15.7. The first kappa shape index (κ1) is 19.9. The number of methoxy groups -OCH3 is 1. The number of halogens is 1. The van der Waals surface area contributed by atoms with Crippen LogP contribution in [0, 0.1) is 5.82 Å². The van der Waals surface area contributed by atoms with Crippen molar-refractivity contribution in [1.82, 2.24) is 9.47 Å². The van der Waals surface area contributed by atoms with Crippen LogP contribution in [0.15, 0.2) is 91.1 Å². The zero-order valence-corrected chi connectivity index (χ0v) is 17.5. The number of fused-ring (bicyclic) bond motifs is 3. The van der Waals surface area contributed by atoms with Crippen LogP contribution < -0.4 is 10.1 Å². The number of anilines is 1. The summed E-state index contributed by atoms with van der Waals surface area (Å²) in [5, 5.41) is 3.00. The molecule has 0 radical (unpaired) electrons. The summed E-state index contributed by atoms with van der Waals surface area (Å²) in [6.07, 6.45) is 1.99. The molecule has 0 fully saturated rings. The third-order valence-electron chi connectivity index (χ3n) is 5.76. The van der Waals surface area contributed by atoms with Crippen molar-refractivity contribution in [2.75, 3.05) is 12.4 Å². The van der Waals surface area contributed by atoms with Crippen LogP contribution in [0.3, 0.4) is 0 Å². The molecule has 2 amide bonds. The van der Waals surface area contributed by atoms with Crippen LogP contribution >= 0.6 is 0 Å². The van der Waals surface area contributed by atoms with E-state index >= 15 is 0 Å². The molecule has 1 atom stereocenters. The summed E-state index contributed by atoms with van der Waals surface area (Å²) in [5.74, 6) is 0.267. The number of nitrogens with one attached hydrogen (secondary N) is 1. The zero-order chi connectivity index (χ0) is 22.1. The first-order valence-corrected chi connectivity index (χ1v) is 10.4. The molecule has 0 saturated heterocycles. The van der Waals surface area contributed by atoms with Crippen molar-refractivity contribution in [1.29, 1.82) is 0 Å². The highest BCUT2D eigenvalue weighted by atomic mass is 19.1. The molecule has 1 aliphatic heterocycles. The fraction of sp³-hybridized carbons (Fsp3) is 0.115. The second kappa shape index (κ2) is 8.23. The van der Waals surface area contributed by atoms with Gasteiger partial charge < -0.3 is 19.5 Å². The Kier molecular flexibility index (Phi) is 5.11. The van der Waals surface area contributed by atoms with Gasteiger partial charge in [0.25, 0.3) is 0 Å². The molecule has 1 aliphatic rings. The highest BCUT2D eigenvalue weighted by Gasteiger charge is 2.33. The van der Waals surface area contributed by atoms with Crippen LogP contribution in [0.5, 0.6) is 5.75 Å². The lowest BCUT2D eigenvalue weighted by Gasteiger charge is -2.31. The molecular weight excluding hydrogens is 405 g/mol. The maximum atomic E-state index is 13.7. The van der Waals surface area contributed by atoms with E-state index in [1.165, 1.54) is 12.1 Å². The maximum Gasteiger partial charge on any atom is 0.323 e. The van der Waals surface area contributed by atoms with E-state index in [0.717, 1.165) is 22.5 Å². The Labute approximate surface area is 185 Å². The molecule has 6 heteroatoms. The topological polar surface area (TPSA) is 46.5 Å². The Bertz CT molecular complexity index is 1270. The quantitative estimate of drug-likeness (QED) is 0.452. The Balaban J connectivity index is 1.63. The van der Waals surface area contributed by atoms with E-state index in [0.29, 0.717) is 18.0 Å². The predicted octanol–water partition coefficient (Wildman–Crippen LogP) is 5.76. The number of aromatic nitrogens is 1. The number of nitrogens with zero attached hydrogens (tertiary/aromatic N) is 2. The standard InChI is InChI=1S/C26H22FN3O2/c1-32-24-11-5-3-8-21(24)28-26(31)30-17-19-7-2-4-9-22(19)29-16-6-10-23(29)25(30)18-12-14-20(27)15-13-18/h2-16,25H,17H2,1H3,(H,28,31)/t25-/m1/s1. The van der Waals surface area contributed by atoms with E-state index < -0.39 is 6.04 Å². The average molecular weight is 427 g/mol. The maximum absolute atomic E-state index is 13.7. The Hall–Kier alpha value is -4.06. The van der Waals surface area contributed by atoms with Gasteiger partial charge in [-0.25, -0.2) is 9.18 Å². The largest absolute Gasteiger partial charge is 0.495 e. The van der Waals surface area contributed by atoms with E-state index in [1.807, 2.05) is 54.7 Å². The molecule has 0 aliphatic carbocycles. The third kappa shape index (κ3) is 3.50. The summed E-state index contributed by atoms with van der Waals surface area (Å²) in [5.41, 5.74) is 4.38. The van der Waals surface area contributed by atoms with Crippen LogP contribution in [-0.4, -0.2) is 22.6 Å². The van der Waals surface area contributed by atoms with Crippen molar-refractivity contribution in [3.8, 4) is 11.4 Å². The number of hydrogen-bond donors (Lipinski definition) is 1. The number of carbonyl (C=O) groups excluding carboxylic acids is 1. The Morgan fingerprint density at radius 3 is 2.53 bits per heavy atom. The number of para-hydroxylation sites is 3. The van der Waals surface area contributed by atoms with Crippen LogP contribution in [0.2, 0.25) is 0 Å². The second-order valence-electron chi connectivity index (χ2n) is 7.64. The molecule has 5 nitrogen and oxygen atoms in total. The van der Waals surface area contributed by atoms with Crippen molar-refractivity contribution in [2.24, 2.45) is 0 Å². The normalized spacial score (nSPS) is 14.8. The molecule has 2 heterocycles. The minimum absolute atomic E-state index is 0.270. The molecule has 0 saturated carbocycles. The lowest BCUT2D eigenvalue weighted by atomic mass is 10.0. The van der Waals surface area contributed by atoms with Crippen molar-refractivity contribution >= 4 is 11.7 Å². The number of rotatable bonds is 3. The fourth-order valence-corrected chi connectivity index (χ4v) is 4.27. The third-order valence-corrected chi connectivity index (χ3v) is 5.76. The number of hydrogen-bond acceptors (Lipinski definition) is 2. The van der Waals surface area contributed by atoms with Crippen LogP contribution in [-0.2, 0) is 6.54 Å². The van der Waals surface area contributed by atoms with Gasteiger partial charge >= 0.3 is 6.03 Å². The Morgan fingerprint density at radius 1 is 0.969 bits per heavy atom. The van der Waals surface area contributed by atoms with Gasteiger partial charge in [-0.2, -0.15) is 0 Å². The molecule has 32 heavy (non-hydrogen) atoms. The predicted molar refractivity (Wildman–Crippen MR) is 122 cm³/mol. The lowest BCUT2D eigenvalue weighted by molar-refractivity contribution is 0.194. The minimum Gasteiger partial charge on any atom is -0.495 e. The second-order valence-corrected chi connectivity index (χ2v) is 7.64. The molecule has 3 aromatic carbocycles. The number of carbonyl (C=O) groups is 1. The summed E-state index contributed by atoms with van der Waals surface area (Å²) in [4.78, 5) is 15.4. The summed E-state index contributed by atoms with van der Waals surface area (Å²) in [7, 11) is 1.57. The van der Waals surface area contributed by atoms with Gasteiger partial charge in [0.2, 0.25) is 0 Å². The number of urea groups is 1. The summed E-state index contributed by atoms with van der Waals surface area (Å²) in [6.45, 7) is 0.390. The van der Waals surface area contributed by atoms with Crippen LogP contribution in [0.1, 0.15) is 22.9 Å². The van der Waals surface area contributed by atoms with Gasteiger partial charge in [-0.3, -0.25) is 0 Å². The average Bonchev–Trinajstić information content (AvgIpc) is 3.24. The SMILES string of the molecule is COc1ccccc1NC(=O)N1Cc2ccccc2-n2cccc2[C@H]1c1ccc(F)cc1. The summed E-state index contributed by atoms with van der Waals surface area (Å²) in [6, 6.07) is 24.9. The van der Waals surface area contributed by atoms with Crippen molar-refractivity contribution in [3.05, 3.63) is 114 Å². The van der Waals surface area contributed by atoms with Crippen molar-refractivity contribution in [3.63, 3.8) is 0 Å². The molecule has 1 aromatic heterocycles. The first-order valence-electron chi connectivity index (χ1n) is 10.4. The molecule has 0 spiro atoms. The molecule has 5 rings (SSSR count). The lowest BCUT2D eigenvalue weighted by Crippen LogP contribution is -2.38. The van der Waals surface area contributed by atoms with Gasteiger partial charge in [-0.05, 0) is 53.6 Å². The highest BCUT2D eigenvalue weighted by Crippen LogP contribution is 2.37. The van der Waals surface area contributed by atoms with Crippen LogP contribution in [0.25, 0.3) is 5.69 Å². The number of ether oxygens (including phenoxy) is 1. The highest BCUT2D eigenvalue weighted by molar-refractivity contribution is 5.91. The van der Waals surface area contributed by atoms with Gasteiger partial charge in [0, 0.05) is 11.9 Å². The molecule has 1 N–H and O–H groups in total. The Morgan fingerprint density at radius 2 is 1.72 bits per heavy atom. The van der Waals surface area contributed by atoms with E-state index in [-0.39, 0.29) is 11.8 Å². The summed E-state index contributed by atoms with van der Waals surface area (Å²) >= 11 is 0. The van der Waals surface area contributed by atoms with Crippen molar-refractivity contribution in [2.45, 2.75) is 12.6 Å². The minimum atomic E-state index is -0.410. The van der Waals surface area contributed by atoms with Gasteiger partial charge in [0.15, 0.2) is 0 Å². The van der Waals surface area contributed by atoms with Crippen molar-refractivity contribution < 1.29 is 13.9 Å². The number of benzene rings is 3. The van der Waals surface area contributed by atoms with Gasteiger partial charge in [0.05, 0.1) is 31.1 Å². The molecule has 4 aromatic rings. The monoisotopic (exact) mass is 427 g/mol. The van der Waals surface area contributed by atoms with E-state index in [1.54, 1.807) is 36.3 Å². The van der Waals surface area contributed by atoms with Crippen LogP contribution in [0.4, 0.5) is 14.9 Å². The summed E-state index contributed by atoms with van der Waals surface area (Å²) < 4.78 is 21.2. The van der Waals surface area contributed by atoms with E-state index in [9.17, 15) is 9.18 Å². The van der Waals surface area contributed by atoms with Gasteiger partial charge in [0.1, 0.15) is 11.6 Å². The zero-order valence-electron chi connectivity index (χ0n) is 17.5. The molecule has 0 bridgehead atoms. The van der Waals surface area contributed by atoms with Gasteiger partial charge in [-0.1, -0.05) is 42.5 Å². The van der Waals surface area contributed by atoms with E-state index in [2.05, 4.69) is 9.88 Å². The molecular formula is C26H22FN3O2. The van der Waals surface area contributed by atoms with Gasteiger partial charge in [-0.15, -0.1) is 0 Å². The molecule has 160 valence electrons. The molecule has 0 unspecified atom stereocenters. The smallest absolute Gasteiger partial charge is 0.323 e. The van der Waals surface area contributed by atoms with E-state index in [4.69, 9.17) is 4.74 Å².